The second-order valence-electron chi connectivity index (χ2n) is 3.61. The highest BCUT2D eigenvalue weighted by molar-refractivity contribution is 5.60. The summed E-state index contributed by atoms with van der Waals surface area (Å²) in [6.07, 6.45) is 2.55. The molecule has 14 heavy (non-hydrogen) atoms. The van der Waals surface area contributed by atoms with Gasteiger partial charge in [-0.3, -0.25) is 0 Å². The van der Waals surface area contributed by atoms with Crippen LogP contribution in [0.1, 0.15) is 31.4 Å². The summed E-state index contributed by atoms with van der Waals surface area (Å²) in [6.45, 7) is 7.40. The predicted molar refractivity (Wildman–Crippen MR) is 64.1 cm³/mol. The summed E-state index contributed by atoms with van der Waals surface area (Å²) < 4.78 is 0. The minimum absolute atomic E-state index is 1.21. The molecule has 1 aromatic rings. The van der Waals surface area contributed by atoms with Crippen LogP contribution in [0, 0.1) is 6.92 Å². The van der Waals surface area contributed by atoms with Gasteiger partial charge >= 0.3 is 0 Å². The van der Waals surface area contributed by atoms with Crippen molar-refractivity contribution in [3.63, 3.8) is 0 Å². The van der Waals surface area contributed by atoms with E-state index in [-0.39, 0.29) is 0 Å². The quantitative estimate of drug-likeness (QED) is 0.607. The Bertz CT molecular complexity index is 291. The van der Waals surface area contributed by atoms with Gasteiger partial charge in [-0.05, 0) is 30.9 Å². The summed E-state index contributed by atoms with van der Waals surface area (Å²) in [6, 6.07) is 6.60. The monoisotopic (exact) mass is 191 g/mol. The summed E-state index contributed by atoms with van der Waals surface area (Å²) in [5, 5.41) is 0. The van der Waals surface area contributed by atoms with Gasteiger partial charge in [0.05, 0.1) is 0 Å². The third kappa shape index (κ3) is 2.09. The van der Waals surface area contributed by atoms with Gasteiger partial charge in [0.1, 0.15) is 0 Å². The Hall–Kier alpha value is -0.980. The Balaban J connectivity index is 0.000000461. The van der Waals surface area contributed by atoms with E-state index in [9.17, 15) is 0 Å². The molecular weight excluding hydrogens is 170 g/mol. The Morgan fingerprint density at radius 3 is 2.57 bits per heavy atom. The van der Waals surface area contributed by atoms with Crippen LogP contribution in [-0.2, 0) is 6.42 Å². The molecule has 1 aliphatic heterocycles. The molecule has 0 aromatic heterocycles. The van der Waals surface area contributed by atoms with Crippen LogP contribution in [0.3, 0.4) is 0 Å². The van der Waals surface area contributed by atoms with Crippen LogP contribution in [0.25, 0.3) is 0 Å². The van der Waals surface area contributed by atoms with Crippen molar-refractivity contribution in [1.82, 2.24) is 0 Å². The third-order valence-electron chi connectivity index (χ3n) is 2.64. The van der Waals surface area contributed by atoms with E-state index in [0.717, 1.165) is 0 Å². The summed E-state index contributed by atoms with van der Waals surface area (Å²) in [7, 11) is 2.19. The second kappa shape index (κ2) is 5.04. The van der Waals surface area contributed by atoms with Crippen LogP contribution >= 0.6 is 0 Å². The van der Waals surface area contributed by atoms with E-state index >= 15 is 0 Å². The summed E-state index contributed by atoms with van der Waals surface area (Å²) in [5.74, 6) is 0. The average Bonchev–Trinajstić information content (AvgIpc) is 2.21. The van der Waals surface area contributed by atoms with E-state index < -0.39 is 0 Å². The molecule has 0 saturated heterocycles. The maximum Gasteiger partial charge on any atom is 0.0425 e. The van der Waals surface area contributed by atoms with Crippen LogP contribution in [-0.4, -0.2) is 13.6 Å². The predicted octanol–water partition coefficient (Wildman–Crippen LogP) is 3.40. The Labute approximate surface area is 87.7 Å². The largest absolute Gasteiger partial charge is 0.374 e. The number of fused-ring (bicyclic) bond motifs is 1. The van der Waals surface area contributed by atoms with E-state index in [1.165, 1.54) is 36.2 Å². The van der Waals surface area contributed by atoms with Crippen LogP contribution < -0.4 is 4.90 Å². The van der Waals surface area contributed by atoms with Gasteiger partial charge in [-0.15, -0.1) is 0 Å². The fourth-order valence-electron chi connectivity index (χ4n) is 2.09. The molecule has 0 unspecified atom stereocenters. The molecule has 0 N–H and O–H groups in total. The number of anilines is 1. The van der Waals surface area contributed by atoms with Crippen molar-refractivity contribution in [2.75, 3.05) is 18.5 Å². The van der Waals surface area contributed by atoms with E-state index in [1.807, 2.05) is 13.8 Å². The van der Waals surface area contributed by atoms with Crippen LogP contribution in [0.15, 0.2) is 18.2 Å². The van der Waals surface area contributed by atoms with Gasteiger partial charge < -0.3 is 4.90 Å². The zero-order valence-corrected chi connectivity index (χ0v) is 9.80. The molecule has 0 aliphatic carbocycles. The Morgan fingerprint density at radius 1 is 1.21 bits per heavy atom. The Kier molecular flexibility index (Phi) is 3.99. The fraction of sp³-hybridized carbons (Fsp3) is 0.538. The lowest BCUT2D eigenvalue weighted by Crippen LogP contribution is -2.25. The van der Waals surface area contributed by atoms with Gasteiger partial charge in [0, 0.05) is 19.3 Å². The third-order valence-corrected chi connectivity index (χ3v) is 2.64. The van der Waals surface area contributed by atoms with Gasteiger partial charge in [0.15, 0.2) is 0 Å². The Morgan fingerprint density at radius 2 is 1.93 bits per heavy atom. The standard InChI is InChI=1S/C11H15N.C2H6/c1-9-5-3-6-10-7-4-8-12(2)11(9)10;1-2/h3,5-6H,4,7-8H2,1-2H3;1-2H3. The number of para-hydroxylation sites is 1. The van der Waals surface area contributed by atoms with Gasteiger partial charge in [-0.25, -0.2) is 0 Å². The number of benzene rings is 1. The molecule has 0 fully saturated rings. The van der Waals surface area contributed by atoms with Crippen molar-refractivity contribution in [1.29, 1.82) is 0 Å². The molecule has 0 bridgehead atoms. The van der Waals surface area contributed by atoms with Crippen molar-refractivity contribution in [2.45, 2.75) is 33.6 Å². The normalized spacial score (nSPS) is 14.1. The van der Waals surface area contributed by atoms with Gasteiger partial charge in [-0.2, -0.15) is 0 Å². The molecule has 1 heterocycles. The van der Waals surface area contributed by atoms with Crippen molar-refractivity contribution < 1.29 is 0 Å². The molecular formula is C13H21N. The van der Waals surface area contributed by atoms with E-state index in [4.69, 9.17) is 0 Å². The van der Waals surface area contributed by atoms with Crippen molar-refractivity contribution in [2.24, 2.45) is 0 Å². The number of hydrogen-bond donors (Lipinski definition) is 0. The molecule has 0 amide bonds. The molecule has 78 valence electrons. The zero-order chi connectivity index (χ0) is 10.6. The van der Waals surface area contributed by atoms with E-state index in [2.05, 4.69) is 37.1 Å². The fourth-order valence-corrected chi connectivity index (χ4v) is 2.09. The molecule has 1 aliphatic rings. The molecule has 0 saturated carbocycles. The summed E-state index contributed by atoms with van der Waals surface area (Å²) in [5.41, 5.74) is 4.39. The minimum atomic E-state index is 1.21. The minimum Gasteiger partial charge on any atom is -0.374 e. The van der Waals surface area contributed by atoms with Crippen LogP contribution in [0.5, 0.6) is 0 Å². The maximum absolute atomic E-state index is 2.37. The number of aryl methyl sites for hydroxylation is 2. The number of nitrogens with zero attached hydrogens (tertiary/aromatic N) is 1. The SMILES string of the molecule is CC.Cc1cccc2c1N(C)CCC2. The van der Waals surface area contributed by atoms with Crippen molar-refractivity contribution >= 4 is 5.69 Å². The maximum atomic E-state index is 2.37. The molecule has 0 spiro atoms. The molecule has 2 rings (SSSR count). The molecule has 0 atom stereocenters. The zero-order valence-electron chi connectivity index (χ0n) is 9.80. The molecule has 1 aromatic carbocycles. The lowest BCUT2D eigenvalue weighted by Gasteiger charge is -2.29. The average molecular weight is 191 g/mol. The summed E-state index contributed by atoms with van der Waals surface area (Å²) in [4.78, 5) is 2.37. The first-order valence-electron chi connectivity index (χ1n) is 5.58. The first-order valence-corrected chi connectivity index (χ1v) is 5.58. The molecule has 1 heteroatoms. The molecule has 0 radical (unpaired) electrons. The lowest BCUT2D eigenvalue weighted by atomic mass is 9.99. The number of hydrogen-bond acceptors (Lipinski definition) is 1. The molecule has 1 nitrogen and oxygen atoms in total. The smallest absolute Gasteiger partial charge is 0.0425 e. The van der Waals surface area contributed by atoms with Crippen LogP contribution in [0.2, 0.25) is 0 Å². The van der Waals surface area contributed by atoms with Crippen LogP contribution in [0.4, 0.5) is 5.69 Å². The topological polar surface area (TPSA) is 3.24 Å². The van der Waals surface area contributed by atoms with E-state index in [1.54, 1.807) is 0 Å². The summed E-state index contributed by atoms with van der Waals surface area (Å²) >= 11 is 0. The first-order chi connectivity index (χ1) is 6.79. The second-order valence-corrected chi connectivity index (χ2v) is 3.61. The van der Waals surface area contributed by atoms with Crippen molar-refractivity contribution in [3.8, 4) is 0 Å². The highest BCUT2D eigenvalue weighted by Gasteiger charge is 2.14. The highest BCUT2D eigenvalue weighted by atomic mass is 15.1. The lowest BCUT2D eigenvalue weighted by molar-refractivity contribution is 0.741. The highest BCUT2D eigenvalue weighted by Crippen LogP contribution is 2.28. The van der Waals surface area contributed by atoms with Gasteiger partial charge in [0.2, 0.25) is 0 Å². The van der Waals surface area contributed by atoms with Crippen molar-refractivity contribution in [3.05, 3.63) is 29.3 Å². The van der Waals surface area contributed by atoms with Gasteiger partial charge in [-0.1, -0.05) is 32.0 Å². The van der Waals surface area contributed by atoms with E-state index in [0.29, 0.717) is 0 Å². The van der Waals surface area contributed by atoms with Gasteiger partial charge in [0.25, 0.3) is 0 Å². The number of rotatable bonds is 0. The first kappa shape index (κ1) is 11.1.